The van der Waals surface area contributed by atoms with Gasteiger partial charge in [-0.3, -0.25) is 0 Å². The molecule has 0 radical (unpaired) electrons. The molecule has 25 heavy (non-hydrogen) atoms. The molecule has 0 atom stereocenters. The van der Waals surface area contributed by atoms with Crippen molar-refractivity contribution in [3.05, 3.63) is 65.7 Å². The van der Waals surface area contributed by atoms with E-state index in [1.807, 2.05) is 56.3 Å². The third-order valence-corrected chi connectivity index (χ3v) is 4.33. The van der Waals surface area contributed by atoms with Crippen LogP contribution in [0.15, 0.2) is 54.6 Å². The largest absolute Gasteiger partial charge is 0.508 e. The maximum Gasteiger partial charge on any atom is 0.150 e. The topological polar surface area (TPSA) is 71.2 Å². The summed E-state index contributed by atoms with van der Waals surface area (Å²) in [6.45, 7) is 3.78. The zero-order chi connectivity index (χ0) is 17.6. The molecule has 0 spiro atoms. The number of hydrogen-bond acceptors (Lipinski definition) is 4. The molecule has 0 fully saturated rings. The highest BCUT2D eigenvalue weighted by molar-refractivity contribution is 5.79. The summed E-state index contributed by atoms with van der Waals surface area (Å²) in [5, 5.41) is 29.8. The van der Waals surface area contributed by atoms with Gasteiger partial charge in [-0.1, -0.05) is 24.3 Å². The van der Waals surface area contributed by atoms with E-state index in [-0.39, 0.29) is 11.5 Å². The SMILES string of the molecule is Cc1cc(-c2cccc(O)c2C)c(O)c(-n2nc3ccccc3n2)c1. The number of phenols is 2. The summed E-state index contributed by atoms with van der Waals surface area (Å²) in [6, 6.07) is 16.6. The van der Waals surface area contributed by atoms with Crippen molar-refractivity contribution in [2.45, 2.75) is 13.8 Å². The number of fused-ring (bicyclic) bond motifs is 1. The van der Waals surface area contributed by atoms with Gasteiger partial charge in [0, 0.05) is 5.56 Å². The second kappa shape index (κ2) is 5.63. The number of nitrogens with zero attached hydrogens (tertiary/aromatic N) is 3. The van der Waals surface area contributed by atoms with Gasteiger partial charge in [-0.05, 0) is 60.9 Å². The van der Waals surface area contributed by atoms with Crippen LogP contribution >= 0.6 is 0 Å². The van der Waals surface area contributed by atoms with Crippen LogP contribution < -0.4 is 0 Å². The molecule has 1 heterocycles. The van der Waals surface area contributed by atoms with Crippen LogP contribution in [0.3, 0.4) is 0 Å². The maximum atomic E-state index is 10.9. The fraction of sp³-hybridized carbons (Fsp3) is 0.100. The minimum atomic E-state index is 0.0830. The first-order chi connectivity index (χ1) is 12.0. The van der Waals surface area contributed by atoms with Crippen LogP contribution in [0, 0.1) is 13.8 Å². The van der Waals surface area contributed by atoms with Crippen LogP contribution in [0.5, 0.6) is 11.5 Å². The Hall–Kier alpha value is -3.34. The molecule has 0 aliphatic carbocycles. The van der Waals surface area contributed by atoms with Gasteiger partial charge >= 0.3 is 0 Å². The lowest BCUT2D eigenvalue weighted by Crippen LogP contribution is -2.01. The summed E-state index contributed by atoms with van der Waals surface area (Å²) >= 11 is 0. The molecule has 2 N–H and O–H groups in total. The molecular formula is C20H17N3O2. The number of rotatable bonds is 2. The molecule has 0 bridgehead atoms. The van der Waals surface area contributed by atoms with E-state index in [1.54, 1.807) is 12.1 Å². The normalized spacial score (nSPS) is 11.1. The minimum absolute atomic E-state index is 0.0830. The van der Waals surface area contributed by atoms with Crippen molar-refractivity contribution in [3.8, 4) is 28.3 Å². The van der Waals surface area contributed by atoms with Gasteiger partial charge in [-0.2, -0.15) is 0 Å². The van der Waals surface area contributed by atoms with Crippen molar-refractivity contribution in [3.63, 3.8) is 0 Å². The van der Waals surface area contributed by atoms with E-state index in [2.05, 4.69) is 10.2 Å². The predicted octanol–water partition coefficient (Wildman–Crippen LogP) is 4.12. The smallest absolute Gasteiger partial charge is 0.150 e. The third-order valence-electron chi connectivity index (χ3n) is 4.33. The second-order valence-electron chi connectivity index (χ2n) is 6.11. The molecule has 0 aliphatic rings. The van der Waals surface area contributed by atoms with Crippen LogP contribution in [-0.2, 0) is 0 Å². The zero-order valence-electron chi connectivity index (χ0n) is 13.9. The maximum absolute atomic E-state index is 10.9. The highest BCUT2D eigenvalue weighted by atomic mass is 16.3. The van der Waals surface area contributed by atoms with Gasteiger partial charge in [0.2, 0.25) is 0 Å². The number of benzene rings is 3. The Morgan fingerprint density at radius 2 is 1.48 bits per heavy atom. The van der Waals surface area contributed by atoms with E-state index in [9.17, 15) is 10.2 Å². The first kappa shape index (κ1) is 15.2. The lowest BCUT2D eigenvalue weighted by molar-refractivity contribution is 0.468. The Morgan fingerprint density at radius 3 is 2.16 bits per heavy atom. The fourth-order valence-corrected chi connectivity index (χ4v) is 3.00. The number of aromatic hydroxyl groups is 2. The van der Waals surface area contributed by atoms with Crippen LogP contribution in [0.25, 0.3) is 27.8 Å². The molecule has 0 unspecified atom stereocenters. The molecule has 0 aliphatic heterocycles. The first-order valence-electron chi connectivity index (χ1n) is 7.99. The predicted molar refractivity (Wildman–Crippen MR) is 97.1 cm³/mol. The number of hydrogen-bond donors (Lipinski definition) is 2. The Morgan fingerprint density at radius 1 is 0.800 bits per heavy atom. The summed E-state index contributed by atoms with van der Waals surface area (Å²) in [5.74, 6) is 0.280. The summed E-state index contributed by atoms with van der Waals surface area (Å²) in [7, 11) is 0. The molecular weight excluding hydrogens is 314 g/mol. The minimum Gasteiger partial charge on any atom is -0.508 e. The highest BCUT2D eigenvalue weighted by Gasteiger charge is 2.16. The van der Waals surface area contributed by atoms with E-state index in [4.69, 9.17) is 0 Å². The molecule has 0 saturated heterocycles. The summed E-state index contributed by atoms with van der Waals surface area (Å²) < 4.78 is 0. The molecule has 4 aromatic rings. The van der Waals surface area contributed by atoms with Crippen molar-refractivity contribution in [2.24, 2.45) is 0 Å². The van der Waals surface area contributed by atoms with Crippen LogP contribution in [0.1, 0.15) is 11.1 Å². The third kappa shape index (κ3) is 2.50. The van der Waals surface area contributed by atoms with E-state index < -0.39 is 0 Å². The molecule has 4 rings (SSSR count). The number of phenolic OH excluding ortho intramolecular Hbond substituents is 2. The standard InChI is InChI=1S/C20H17N3O2/c1-12-10-15(14-6-5-9-19(24)13(14)2)20(25)18(11-12)23-21-16-7-3-4-8-17(16)22-23/h3-11,24-25H,1-2H3. The monoisotopic (exact) mass is 331 g/mol. The van der Waals surface area contributed by atoms with Crippen molar-refractivity contribution >= 4 is 11.0 Å². The van der Waals surface area contributed by atoms with Gasteiger partial charge in [-0.25, -0.2) is 0 Å². The summed E-state index contributed by atoms with van der Waals surface area (Å²) in [4.78, 5) is 1.45. The van der Waals surface area contributed by atoms with Gasteiger partial charge in [0.15, 0.2) is 5.75 Å². The number of aromatic nitrogens is 3. The van der Waals surface area contributed by atoms with Gasteiger partial charge in [0.05, 0.1) is 0 Å². The molecule has 0 saturated carbocycles. The Balaban J connectivity index is 1.96. The molecule has 5 heteroatoms. The summed E-state index contributed by atoms with van der Waals surface area (Å²) in [6.07, 6.45) is 0. The molecule has 124 valence electrons. The van der Waals surface area contributed by atoms with E-state index >= 15 is 0 Å². The number of aryl methyl sites for hydroxylation is 1. The van der Waals surface area contributed by atoms with Crippen LogP contribution in [0.4, 0.5) is 0 Å². The molecule has 5 nitrogen and oxygen atoms in total. The molecule has 0 amide bonds. The van der Waals surface area contributed by atoms with E-state index in [0.29, 0.717) is 16.8 Å². The lowest BCUT2D eigenvalue weighted by atomic mass is 9.97. The highest BCUT2D eigenvalue weighted by Crippen LogP contribution is 2.38. The molecule has 1 aromatic heterocycles. The van der Waals surface area contributed by atoms with Crippen molar-refractivity contribution in [1.29, 1.82) is 0 Å². The lowest BCUT2D eigenvalue weighted by Gasteiger charge is -2.13. The molecule has 3 aromatic carbocycles. The quantitative estimate of drug-likeness (QED) is 0.580. The van der Waals surface area contributed by atoms with Gasteiger partial charge in [0.25, 0.3) is 0 Å². The van der Waals surface area contributed by atoms with Crippen molar-refractivity contribution < 1.29 is 10.2 Å². The Kier molecular flexibility index (Phi) is 3.42. The van der Waals surface area contributed by atoms with Gasteiger partial charge < -0.3 is 10.2 Å². The van der Waals surface area contributed by atoms with Crippen molar-refractivity contribution in [2.75, 3.05) is 0 Å². The Labute approximate surface area is 144 Å². The average Bonchev–Trinajstić information content (AvgIpc) is 3.03. The zero-order valence-corrected chi connectivity index (χ0v) is 13.9. The Bertz CT molecular complexity index is 1070. The van der Waals surface area contributed by atoms with Gasteiger partial charge in [0.1, 0.15) is 22.5 Å². The average molecular weight is 331 g/mol. The second-order valence-corrected chi connectivity index (χ2v) is 6.11. The fourth-order valence-electron chi connectivity index (χ4n) is 3.00. The first-order valence-corrected chi connectivity index (χ1v) is 7.99. The van der Waals surface area contributed by atoms with Crippen molar-refractivity contribution in [1.82, 2.24) is 15.0 Å². The van der Waals surface area contributed by atoms with Crippen LogP contribution in [-0.4, -0.2) is 25.2 Å². The van der Waals surface area contributed by atoms with E-state index in [0.717, 1.165) is 22.2 Å². The van der Waals surface area contributed by atoms with Gasteiger partial charge in [-0.15, -0.1) is 15.0 Å². The van der Waals surface area contributed by atoms with E-state index in [1.165, 1.54) is 4.80 Å². The van der Waals surface area contributed by atoms with Crippen LogP contribution in [0.2, 0.25) is 0 Å². The summed E-state index contributed by atoms with van der Waals surface area (Å²) in [5.41, 5.74) is 5.13.